The molecule has 4 heteroatoms. The lowest BCUT2D eigenvalue weighted by atomic mass is 9.99. The van der Waals surface area contributed by atoms with Gasteiger partial charge in [-0.05, 0) is 40.4 Å². The fraction of sp³-hybridized carbons (Fsp3) is 0.0741. The first-order chi connectivity index (χ1) is 15.3. The maximum Gasteiger partial charge on any atom is 0.231 e. The fourth-order valence-electron chi connectivity index (χ4n) is 3.14. The van der Waals surface area contributed by atoms with E-state index in [0.29, 0.717) is 10.6 Å². The Morgan fingerprint density at radius 2 is 1.39 bits per heavy atom. The van der Waals surface area contributed by atoms with Gasteiger partial charge in [0.2, 0.25) is 5.12 Å². The van der Waals surface area contributed by atoms with Crippen molar-refractivity contribution in [3.63, 3.8) is 0 Å². The fourth-order valence-corrected chi connectivity index (χ4v) is 4.88. The number of benzene rings is 3. The van der Waals surface area contributed by atoms with E-state index in [1.807, 2.05) is 90.3 Å². The van der Waals surface area contributed by atoms with Crippen molar-refractivity contribution in [2.75, 3.05) is 5.75 Å². The van der Waals surface area contributed by atoms with Gasteiger partial charge in [0.1, 0.15) is 4.88 Å². The topological polar surface area (TPSA) is 29.4 Å². The maximum absolute atomic E-state index is 12.8. The molecule has 0 bridgehead atoms. The number of hydrogen-bond donors (Lipinski definition) is 0. The van der Waals surface area contributed by atoms with Crippen LogP contribution in [0.25, 0.3) is 5.57 Å². The monoisotopic (exact) mass is 439 g/mol. The highest BCUT2D eigenvalue weighted by Crippen LogP contribution is 2.30. The zero-order chi connectivity index (χ0) is 21.3. The molecule has 0 saturated heterocycles. The van der Waals surface area contributed by atoms with E-state index >= 15 is 0 Å². The Kier molecular flexibility index (Phi) is 7.30. The van der Waals surface area contributed by atoms with Crippen molar-refractivity contribution in [2.24, 2.45) is 4.99 Å². The third kappa shape index (κ3) is 5.71. The maximum atomic E-state index is 12.8. The summed E-state index contributed by atoms with van der Waals surface area (Å²) >= 11 is 2.78. The molecule has 0 N–H and O–H groups in total. The van der Waals surface area contributed by atoms with Gasteiger partial charge in [-0.2, -0.15) is 0 Å². The zero-order valence-corrected chi connectivity index (χ0v) is 18.5. The van der Waals surface area contributed by atoms with Crippen LogP contribution in [0.4, 0.5) is 5.69 Å². The summed E-state index contributed by atoms with van der Waals surface area (Å²) in [6.45, 7) is 0. The molecular formula is C27H21NOS2. The van der Waals surface area contributed by atoms with Crippen LogP contribution < -0.4 is 0 Å². The molecule has 2 nitrogen and oxygen atoms in total. The van der Waals surface area contributed by atoms with Crippen LogP contribution in [0.1, 0.15) is 26.4 Å². The minimum Gasteiger partial charge on any atom is -0.281 e. The number of thiophene rings is 1. The number of carbonyl (C=O) groups excluding carboxylic acids is 1. The second-order valence-corrected chi connectivity index (χ2v) is 8.82. The first kappa shape index (κ1) is 21.1. The number of hydrogen-bond acceptors (Lipinski definition) is 4. The zero-order valence-electron chi connectivity index (χ0n) is 16.9. The molecular weight excluding hydrogens is 418 g/mol. The predicted molar refractivity (Wildman–Crippen MR) is 134 cm³/mol. The van der Waals surface area contributed by atoms with Crippen molar-refractivity contribution < 1.29 is 4.79 Å². The van der Waals surface area contributed by atoms with Crippen LogP contribution in [-0.4, -0.2) is 16.7 Å². The van der Waals surface area contributed by atoms with E-state index in [1.54, 1.807) is 0 Å². The highest BCUT2D eigenvalue weighted by molar-refractivity contribution is 8.14. The highest BCUT2D eigenvalue weighted by Gasteiger charge is 2.13. The first-order valence-electron chi connectivity index (χ1n) is 10.0. The summed E-state index contributed by atoms with van der Waals surface area (Å²) in [5.74, 6) is 3.97. The van der Waals surface area contributed by atoms with Crippen LogP contribution in [0.5, 0.6) is 0 Å². The average Bonchev–Trinajstić information content (AvgIpc) is 3.30. The van der Waals surface area contributed by atoms with Gasteiger partial charge in [-0.1, -0.05) is 103 Å². The minimum atomic E-state index is 0.0625. The van der Waals surface area contributed by atoms with Crippen LogP contribution in [-0.2, 0) is 6.42 Å². The predicted octanol–water partition coefficient (Wildman–Crippen LogP) is 7.30. The van der Waals surface area contributed by atoms with Crippen molar-refractivity contribution in [3.05, 3.63) is 124 Å². The summed E-state index contributed by atoms with van der Waals surface area (Å²) in [5, 5.41) is 1.98. The number of thioether (sulfide) groups is 1. The number of rotatable bonds is 7. The molecule has 4 rings (SSSR count). The molecule has 31 heavy (non-hydrogen) atoms. The normalized spacial score (nSPS) is 10.3. The van der Waals surface area contributed by atoms with Crippen LogP contribution in [0.3, 0.4) is 0 Å². The number of aryl methyl sites for hydroxylation is 1. The summed E-state index contributed by atoms with van der Waals surface area (Å²) in [6.07, 6.45) is 0.868. The number of nitrogens with zero attached hydrogens (tertiary/aromatic N) is 1. The largest absolute Gasteiger partial charge is 0.281 e. The molecule has 0 radical (unpaired) electrons. The lowest BCUT2D eigenvalue weighted by Crippen LogP contribution is -1.95. The minimum absolute atomic E-state index is 0.0625. The van der Waals surface area contributed by atoms with Crippen molar-refractivity contribution in [3.8, 4) is 0 Å². The van der Waals surface area contributed by atoms with Gasteiger partial charge in [0.15, 0.2) is 0 Å². The molecule has 0 atom stereocenters. The molecule has 3 aromatic carbocycles. The van der Waals surface area contributed by atoms with Crippen molar-refractivity contribution >= 4 is 45.3 Å². The first-order valence-corrected chi connectivity index (χ1v) is 11.9. The van der Waals surface area contributed by atoms with Gasteiger partial charge < -0.3 is 0 Å². The van der Waals surface area contributed by atoms with Crippen LogP contribution >= 0.6 is 23.1 Å². The van der Waals surface area contributed by atoms with Gasteiger partial charge in [0.25, 0.3) is 0 Å². The molecule has 0 fully saturated rings. The summed E-state index contributed by atoms with van der Waals surface area (Å²) in [7, 11) is 0. The van der Waals surface area contributed by atoms with E-state index in [9.17, 15) is 4.79 Å². The molecule has 4 aromatic rings. The van der Waals surface area contributed by atoms with E-state index in [4.69, 9.17) is 0 Å². The van der Waals surface area contributed by atoms with E-state index in [-0.39, 0.29) is 5.12 Å². The standard InChI is InChI=1S/C27H21NOS2/c29-27(31-18-16-21-10-4-1-5-11-21)26-25(17-19-30-26)28-20-24(22-12-6-2-7-13-22)23-14-8-3-9-15-23/h1-15,17,19H,16,18H2. The molecule has 0 amide bonds. The van der Waals surface area contributed by atoms with Crippen LogP contribution in [0.2, 0.25) is 0 Å². The molecule has 0 aliphatic heterocycles. The molecule has 0 aliphatic rings. The smallest absolute Gasteiger partial charge is 0.231 e. The van der Waals surface area contributed by atoms with E-state index < -0.39 is 0 Å². The third-order valence-corrected chi connectivity index (χ3v) is 6.62. The van der Waals surface area contributed by atoms with Crippen molar-refractivity contribution in [1.82, 2.24) is 0 Å². The molecule has 0 spiro atoms. The van der Waals surface area contributed by atoms with Gasteiger partial charge in [-0.15, -0.1) is 11.3 Å². The van der Waals surface area contributed by atoms with Gasteiger partial charge in [0, 0.05) is 5.75 Å². The molecule has 0 aliphatic carbocycles. The van der Waals surface area contributed by atoms with Crippen molar-refractivity contribution in [2.45, 2.75) is 6.42 Å². The SMILES string of the molecule is O=C(SCCc1ccccc1)c1sccc1N=C=C(c1ccccc1)c1ccccc1. The molecule has 0 saturated carbocycles. The Hall–Kier alpha value is -3.17. The van der Waals surface area contributed by atoms with Gasteiger partial charge >= 0.3 is 0 Å². The van der Waals surface area contributed by atoms with Crippen LogP contribution in [0, 0.1) is 0 Å². The Bertz CT molecular complexity index is 1150. The Morgan fingerprint density at radius 3 is 2.00 bits per heavy atom. The molecule has 0 unspecified atom stereocenters. The van der Waals surface area contributed by atoms with Crippen molar-refractivity contribution in [1.29, 1.82) is 0 Å². The molecule has 1 heterocycles. The number of carbonyl (C=O) groups is 1. The Labute approximate surface area is 191 Å². The molecule has 152 valence electrons. The van der Waals surface area contributed by atoms with E-state index in [0.717, 1.165) is 28.9 Å². The Balaban J connectivity index is 1.56. The lowest BCUT2D eigenvalue weighted by molar-refractivity contribution is 0.109. The third-order valence-electron chi connectivity index (χ3n) is 4.71. The Morgan fingerprint density at radius 1 is 0.806 bits per heavy atom. The summed E-state index contributed by atoms with van der Waals surface area (Å²) < 4.78 is 0. The van der Waals surface area contributed by atoms with E-state index in [2.05, 4.69) is 23.0 Å². The summed E-state index contributed by atoms with van der Waals surface area (Å²) in [6, 6.07) is 32.3. The summed E-state index contributed by atoms with van der Waals surface area (Å²) in [5.41, 5.74) is 4.90. The second-order valence-electron chi connectivity index (χ2n) is 6.84. The van der Waals surface area contributed by atoms with Gasteiger partial charge in [0.05, 0.1) is 11.3 Å². The lowest BCUT2D eigenvalue weighted by Gasteiger charge is -2.04. The molecule has 1 aromatic heterocycles. The number of aliphatic imine (C=N–C) groups is 1. The van der Waals surface area contributed by atoms with E-state index in [1.165, 1.54) is 28.7 Å². The highest BCUT2D eigenvalue weighted by atomic mass is 32.2. The summed E-state index contributed by atoms with van der Waals surface area (Å²) in [4.78, 5) is 18.0. The quantitative estimate of drug-likeness (QED) is 0.283. The van der Waals surface area contributed by atoms with Gasteiger partial charge in [-0.3, -0.25) is 4.79 Å². The van der Waals surface area contributed by atoms with Gasteiger partial charge in [-0.25, -0.2) is 4.99 Å². The second kappa shape index (κ2) is 10.7. The average molecular weight is 440 g/mol. The van der Waals surface area contributed by atoms with Crippen LogP contribution in [0.15, 0.2) is 107 Å².